The first-order chi connectivity index (χ1) is 16.7. The van der Waals surface area contributed by atoms with Crippen LogP contribution in [0.2, 0.25) is 0 Å². The molecule has 180 valence electrons. The molecule has 0 bridgehead atoms. The van der Waals surface area contributed by atoms with Crippen molar-refractivity contribution in [3.63, 3.8) is 0 Å². The summed E-state index contributed by atoms with van der Waals surface area (Å²) in [5, 5.41) is 4.51. The Morgan fingerprint density at radius 1 is 0.914 bits per heavy atom. The van der Waals surface area contributed by atoms with Crippen molar-refractivity contribution in [2.75, 3.05) is 10.6 Å². The third kappa shape index (κ3) is 5.88. The zero-order chi connectivity index (χ0) is 25.0. The minimum atomic E-state index is -4.82. The Hall–Kier alpha value is -4.54. The van der Waals surface area contributed by atoms with Crippen molar-refractivity contribution in [1.29, 1.82) is 0 Å². The normalized spacial score (nSPS) is 11.2. The molecule has 0 aliphatic carbocycles. The average Bonchev–Trinajstić information content (AvgIpc) is 3.52. The van der Waals surface area contributed by atoms with E-state index in [1.165, 1.54) is 54.8 Å². The number of alkyl halides is 3. The molecule has 2 amide bonds. The number of carbonyl (C=O) groups is 2. The molecule has 11 heteroatoms. The van der Waals surface area contributed by atoms with Crippen molar-refractivity contribution in [2.24, 2.45) is 0 Å². The zero-order valence-electron chi connectivity index (χ0n) is 17.7. The van der Waals surface area contributed by atoms with Crippen LogP contribution in [-0.4, -0.2) is 11.8 Å². The fraction of sp³-hybridized carbons (Fsp3) is 0.0833. The number of anilines is 2. The van der Waals surface area contributed by atoms with Crippen LogP contribution in [0.5, 0.6) is 5.75 Å². The first-order valence-electron chi connectivity index (χ1n) is 10.0. The van der Waals surface area contributed by atoms with Crippen molar-refractivity contribution >= 4 is 23.2 Å². The molecule has 4 aromatic rings. The van der Waals surface area contributed by atoms with Crippen molar-refractivity contribution < 1.29 is 40.7 Å². The van der Waals surface area contributed by atoms with Gasteiger partial charge in [0, 0.05) is 5.69 Å². The number of carbonyl (C=O) groups excluding carboxylic acids is 2. The Labute approximate surface area is 195 Å². The minimum absolute atomic E-state index is 0.0855. The van der Waals surface area contributed by atoms with Crippen molar-refractivity contribution in [2.45, 2.75) is 12.8 Å². The molecular formula is C24H16F4N2O5. The van der Waals surface area contributed by atoms with Crippen molar-refractivity contribution in [3.8, 4) is 5.75 Å². The number of amides is 2. The van der Waals surface area contributed by atoms with E-state index in [1.807, 2.05) is 0 Å². The standard InChI is InChI=1S/C24H16F4N2O5/c25-15-1-4-17(5-2-15)34-13-18-6-8-21(35-18)23(32)30-20-7-3-16(11-19(20)24(26,27)28)29-22(31)14-9-10-33-12-14/h1-12H,13H2,(H,29,31)(H,30,32). The molecule has 0 aliphatic rings. The molecule has 2 aromatic carbocycles. The number of nitrogens with one attached hydrogen (secondary N) is 2. The summed E-state index contributed by atoms with van der Waals surface area (Å²) < 4.78 is 69.4. The lowest BCUT2D eigenvalue weighted by Gasteiger charge is -2.15. The van der Waals surface area contributed by atoms with Gasteiger partial charge in [-0.2, -0.15) is 13.2 Å². The highest BCUT2D eigenvalue weighted by Crippen LogP contribution is 2.37. The Bertz CT molecular complexity index is 1330. The van der Waals surface area contributed by atoms with Gasteiger partial charge in [0.15, 0.2) is 5.76 Å². The highest BCUT2D eigenvalue weighted by atomic mass is 19.4. The van der Waals surface area contributed by atoms with Crippen LogP contribution in [0.1, 0.15) is 32.2 Å². The van der Waals surface area contributed by atoms with Gasteiger partial charge in [-0.1, -0.05) is 0 Å². The van der Waals surface area contributed by atoms with E-state index in [-0.39, 0.29) is 29.4 Å². The van der Waals surface area contributed by atoms with Crippen LogP contribution in [0.4, 0.5) is 28.9 Å². The molecule has 4 rings (SSSR count). The summed E-state index contributed by atoms with van der Waals surface area (Å²) in [6.45, 7) is -0.0855. The maximum Gasteiger partial charge on any atom is 0.418 e. The van der Waals surface area contributed by atoms with Gasteiger partial charge < -0.3 is 24.2 Å². The lowest BCUT2D eigenvalue weighted by Crippen LogP contribution is -2.17. The first kappa shape index (κ1) is 23.6. The van der Waals surface area contributed by atoms with Gasteiger partial charge >= 0.3 is 6.18 Å². The number of halogens is 4. The Morgan fingerprint density at radius 2 is 1.69 bits per heavy atom. The van der Waals surface area contributed by atoms with Gasteiger partial charge in [-0.25, -0.2) is 4.39 Å². The van der Waals surface area contributed by atoms with E-state index in [0.717, 1.165) is 12.3 Å². The number of hydrogen-bond acceptors (Lipinski definition) is 5. The van der Waals surface area contributed by atoms with Crippen molar-refractivity contribution in [3.05, 3.63) is 102 Å². The van der Waals surface area contributed by atoms with Crippen LogP contribution in [0.3, 0.4) is 0 Å². The molecule has 35 heavy (non-hydrogen) atoms. The van der Waals surface area contributed by atoms with Crippen LogP contribution in [0, 0.1) is 5.82 Å². The van der Waals surface area contributed by atoms with Crippen LogP contribution >= 0.6 is 0 Å². The number of ether oxygens (including phenoxy) is 1. The summed E-state index contributed by atoms with van der Waals surface area (Å²) in [5.41, 5.74) is -1.68. The Kier molecular flexibility index (Phi) is 6.58. The quantitative estimate of drug-likeness (QED) is 0.306. The van der Waals surface area contributed by atoms with Crippen LogP contribution < -0.4 is 15.4 Å². The second-order valence-corrected chi connectivity index (χ2v) is 7.19. The van der Waals surface area contributed by atoms with Gasteiger partial charge in [0.2, 0.25) is 0 Å². The van der Waals surface area contributed by atoms with E-state index >= 15 is 0 Å². The first-order valence-corrected chi connectivity index (χ1v) is 10.0. The summed E-state index contributed by atoms with van der Waals surface area (Å²) in [6.07, 6.45) is -2.42. The molecule has 0 fully saturated rings. The predicted octanol–water partition coefficient (Wildman–Crippen LogP) is 6.11. The number of hydrogen-bond donors (Lipinski definition) is 2. The Morgan fingerprint density at radius 3 is 2.37 bits per heavy atom. The highest BCUT2D eigenvalue weighted by Gasteiger charge is 2.34. The van der Waals surface area contributed by atoms with E-state index in [4.69, 9.17) is 13.6 Å². The van der Waals surface area contributed by atoms with Crippen LogP contribution in [0.15, 0.2) is 82.0 Å². The molecule has 2 N–H and O–H groups in total. The van der Waals surface area contributed by atoms with Gasteiger partial charge in [-0.15, -0.1) is 0 Å². The Balaban J connectivity index is 1.45. The van der Waals surface area contributed by atoms with Gasteiger partial charge in [-0.3, -0.25) is 9.59 Å². The third-order valence-corrected chi connectivity index (χ3v) is 4.69. The van der Waals surface area contributed by atoms with E-state index in [1.54, 1.807) is 0 Å². The summed E-state index contributed by atoms with van der Waals surface area (Å²) in [7, 11) is 0. The average molecular weight is 488 g/mol. The van der Waals surface area contributed by atoms with Crippen molar-refractivity contribution in [1.82, 2.24) is 0 Å². The predicted molar refractivity (Wildman–Crippen MR) is 115 cm³/mol. The maximum atomic E-state index is 13.6. The summed E-state index contributed by atoms with van der Waals surface area (Å²) >= 11 is 0. The molecule has 2 aromatic heterocycles. The smallest absolute Gasteiger partial charge is 0.418 e. The molecule has 0 saturated heterocycles. The second kappa shape index (κ2) is 9.75. The highest BCUT2D eigenvalue weighted by molar-refractivity contribution is 6.05. The van der Waals surface area contributed by atoms with E-state index in [0.29, 0.717) is 11.8 Å². The third-order valence-electron chi connectivity index (χ3n) is 4.69. The molecule has 0 unspecified atom stereocenters. The molecular weight excluding hydrogens is 472 g/mol. The van der Waals surface area contributed by atoms with E-state index in [2.05, 4.69) is 10.6 Å². The molecule has 7 nitrogen and oxygen atoms in total. The largest absolute Gasteiger partial charge is 0.486 e. The fourth-order valence-corrected chi connectivity index (χ4v) is 3.01. The number of furan rings is 2. The van der Waals surface area contributed by atoms with Gasteiger partial charge in [0.25, 0.3) is 11.8 Å². The lowest BCUT2D eigenvalue weighted by atomic mass is 10.1. The molecule has 0 aliphatic heterocycles. The van der Waals surface area contributed by atoms with Gasteiger partial charge in [0.1, 0.15) is 30.2 Å². The summed E-state index contributed by atoms with van der Waals surface area (Å²) in [5.74, 6) is -1.65. The van der Waals surface area contributed by atoms with Crippen LogP contribution in [0.25, 0.3) is 0 Å². The fourth-order valence-electron chi connectivity index (χ4n) is 3.01. The molecule has 0 saturated carbocycles. The summed E-state index contributed by atoms with van der Waals surface area (Å²) in [4.78, 5) is 24.6. The van der Waals surface area contributed by atoms with Gasteiger partial charge in [0.05, 0.1) is 23.1 Å². The molecule has 0 atom stereocenters. The maximum absolute atomic E-state index is 13.6. The van der Waals surface area contributed by atoms with E-state index < -0.39 is 35.1 Å². The minimum Gasteiger partial charge on any atom is -0.486 e. The summed E-state index contributed by atoms with van der Waals surface area (Å²) in [6, 6.07) is 12.3. The number of rotatable bonds is 7. The second-order valence-electron chi connectivity index (χ2n) is 7.19. The number of benzene rings is 2. The van der Waals surface area contributed by atoms with Crippen LogP contribution in [-0.2, 0) is 12.8 Å². The molecule has 2 heterocycles. The SMILES string of the molecule is O=C(Nc1ccc(NC(=O)c2ccc(COc3ccc(F)cc3)o2)c(C(F)(F)F)c1)c1ccoc1. The lowest BCUT2D eigenvalue weighted by molar-refractivity contribution is -0.136. The van der Waals surface area contributed by atoms with Gasteiger partial charge in [-0.05, 0) is 60.7 Å². The molecule has 0 spiro atoms. The topological polar surface area (TPSA) is 93.7 Å². The monoisotopic (exact) mass is 488 g/mol. The van der Waals surface area contributed by atoms with E-state index in [9.17, 15) is 27.2 Å². The molecule has 0 radical (unpaired) electrons. The zero-order valence-corrected chi connectivity index (χ0v) is 17.7.